The van der Waals surface area contributed by atoms with Gasteiger partial charge in [-0.05, 0) is 57.9 Å². The summed E-state index contributed by atoms with van der Waals surface area (Å²) in [5.41, 5.74) is 3.75. The maximum atomic E-state index is 9.24. The van der Waals surface area contributed by atoms with Crippen molar-refractivity contribution in [1.29, 1.82) is 5.26 Å². The molecule has 4 nitrogen and oxygen atoms in total. The number of rotatable bonds is 2. The molecule has 0 radical (unpaired) electrons. The second-order valence-corrected chi connectivity index (χ2v) is 5.99. The minimum Gasteiger partial charge on any atom is -0.488 e. The van der Waals surface area contributed by atoms with Crippen LogP contribution in [0.5, 0.6) is 5.75 Å². The number of aromatic nitrogens is 2. The van der Waals surface area contributed by atoms with Crippen LogP contribution in [0.1, 0.15) is 37.7 Å². The van der Waals surface area contributed by atoms with Crippen molar-refractivity contribution in [2.24, 2.45) is 0 Å². The topological polar surface area (TPSA) is 58.8 Å². The van der Waals surface area contributed by atoms with Crippen LogP contribution in [0.25, 0.3) is 11.1 Å². The molecule has 0 amide bonds. The van der Waals surface area contributed by atoms with Gasteiger partial charge in [-0.25, -0.2) is 9.97 Å². The minimum atomic E-state index is -0.239. The Hall–Kier alpha value is -2.41. The molecule has 0 aliphatic rings. The summed E-state index contributed by atoms with van der Waals surface area (Å²) < 4.78 is 5.86. The molecule has 1 aromatic heterocycles. The molecule has 0 aliphatic carbocycles. The summed E-state index contributed by atoms with van der Waals surface area (Å²) in [7, 11) is 0. The van der Waals surface area contributed by atoms with E-state index in [9.17, 15) is 5.26 Å². The molecule has 0 bridgehead atoms. The number of ether oxygens (including phenoxy) is 1. The first kappa shape index (κ1) is 15.0. The van der Waals surface area contributed by atoms with Gasteiger partial charge >= 0.3 is 0 Å². The van der Waals surface area contributed by atoms with E-state index < -0.39 is 0 Å². The molecule has 2 rings (SSSR count). The highest BCUT2D eigenvalue weighted by Crippen LogP contribution is 2.31. The molecule has 1 heterocycles. The molecule has 0 unspecified atom stereocenters. The van der Waals surface area contributed by atoms with Gasteiger partial charge in [-0.3, -0.25) is 0 Å². The Bertz CT molecular complexity index is 709. The molecule has 1 aromatic carbocycles. The van der Waals surface area contributed by atoms with Crippen molar-refractivity contribution < 1.29 is 4.74 Å². The van der Waals surface area contributed by atoms with Crippen LogP contribution in [0.15, 0.2) is 24.5 Å². The van der Waals surface area contributed by atoms with Gasteiger partial charge in [-0.1, -0.05) is 6.07 Å². The molecule has 0 N–H and O–H groups in total. The first-order valence-electron chi connectivity index (χ1n) is 6.83. The Balaban J connectivity index is 2.51. The average molecular weight is 281 g/mol. The van der Waals surface area contributed by atoms with E-state index in [1.165, 1.54) is 6.33 Å². The number of benzene rings is 1. The maximum absolute atomic E-state index is 9.24. The van der Waals surface area contributed by atoms with Gasteiger partial charge in [0.05, 0.1) is 0 Å². The van der Waals surface area contributed by atoms with E-state index in [4.69, 9.17) is 4.74 Å². The molecule has 0 atom stereocenters. The molecular formula is C17H19N3O. The molecular weight excluding hydrogens is 262 g/mol. The van der Waals surface area contributed by atoms with E-state index >= 15 is 0 Å². The Labute approximate surface area is 125 Å². The van der Waals surface area contributed by atoms with E-state index in [0.717, 1.165) is 28.1 Å². The van der Waals surface area contributed by atoms with Gasteiger partial charge in [0.1, 0.15) is 23.7 Å². The standard InChI is InChI=1S/C17H19N3O/c1-11-8-13(21-17(3,4)5)6-7-14(11)16-12(2)19-10-20-15(16)9-18/h6-8,10H,1-5H3. The highest BCUT2D eigenvalue weighted by molar-refractivity contribution is 5.74. The minimum absolute atomic E-state index is 0.239. The molecule has 0 aliphatic heterocycles. The van der Waals surface area contributed by atoms with Gasteiger partial charge < -0.3 is 4.74 Å². The van der Waals surface area contributed by atoms with Crippen LogP contribution in [0.4, 0.5) is 0 Å². The highest BCUT2D eigenvalue weighted by atomic mass is 16.5. The van der Waals surface area contributed by atoms with E-state index in [-0.39, 0.29) is 5.60 Å². The normalized spacial score (nSPS) is 11.0. The summed E-state index contributed by atoms with van der Waals surface area (Å²) in [6.45, 7) is 9.92. The van der Waals surface area contributed by atoms with Gasteiger partial charge in [0.25, 0.3) is 0 Å². The van der Waals surface area contributed by atoms with Gasteiger partial charge in [0.15, 0.2) is 5.69 Å². The van der Waals surface area contributed by atoms with Gasteiger partial charge in [-0.15, -0.1) is 0 Å². The average Bonchev–Trinajstić information content (AvgIpc) is 2.37. The fourth-order valence-corrected chi connectivity index (χ4v) is 2.21. The van der Waals surface area contributed by atoms with Crippen molar-refractivity contribution in [2.45, 2.75) is 40.2 Å². The second-order valence-electron chi connectivity index (χ2n) is 5.99. The molecule has 0 saturated heterocycles. The summed E-state index contributed by atoms with van der Waals surface area (Å²) in [5, 5.41) is 9.24. The summed E-state index contributed by atoms with van der Waals surface area (Å²) in [5.74, 6) is 0.816. The van der Waals surface area contributed by atoms with E-state index in [1.54, 1.807) is 0 Å². The fourth-order valence-electron chi connectivity index (χ4n) is 2.21. The Kier molecular flexibility index (Phi) is 3.95. The van der Waals surface area contributed by atoms with Crippen molar-refractivity contribution in [1.82, 2.24) is 9.97 Å². The van der Waals surface area contributed by atoms with Gasteiger partial charge in [-0.2, -0.15) is 5.26 Å². The zero-order chi connectivity index (χ0) is 15.6. The third-order valence-electron chi connectivity index (χ3n) is 3.03. The lowest BCUT2D eigenvalue weighted by Gasteiger charge is -2.22. The fraction of sp³-hybridized carbons (Fsp3) is 0.353. The number of hydrogen-bond acceptors (Lipinski definition) is 4. The predicted molar refractivity (Wildman–Crippen MR) is 82.0 cm³/mol. The number of hydrogen-bond donors (Lipinski definition) is 0. The zero-order valence-corrected chi connectivity index (χ0v) is 13.1. The van der Waals surface area contributed by atoms with Crippen LogP contribution in [0.3, 0.4) is 0 Å². The number of aryl methyl sites for hydroxylation is 2. The Morgan fingerprint density at radius 3 is 2.43 bits per heavy atom. The number of nitriles is 1. The molecule has 0 spiro atoms. The first-order chi connectivity index (χ1) is 9.81. The first-order valence-corrected chi connectivity index (χ1v) is 6.83. The predicted octanol–water partition coefficient (Wildman–Crippen LogP) is 3.81. The molecule has 0 fully saturated rings. The van der Waals surface area contributed by atoms with Crippen molar-refractivity contribution in [3.63, 3.8) is 0 Å². The summed E-state index contributed by atoms with van der Waals surface area (Å²) in [6, 6.07) is 7.99. The third-order valence-corrected chi connectivity index (χ3v) is 3.03. The molecule has 0 saturated carbocycles. The van der Waals surface area contributed by atoms with Gasteiger partial charge in [0.2, 0.25) is 0 Å². The van der Waals surface area contributed by atoms with E-state index in [1.807, 2.05) is 52.8 Å². The van der Waals surface area contributed by atoms with Crippen molar-refractivity contribution in [3.8, 4) is 22.9 Å². The van der Waals surface area contributed by atoms with Crippen molar-refractivity contribution in [2.75, 3.05) is 0 Å². The quantitative estimate of drug-likeness (QED) is 0.839. The number of nitrogens with zero attached hydrogens (tertiary/aromatic N) is 3. The summed E-state index contributed by atoms with van der Waals surface area (Å²) in [4.78, 5) is 8.25. The van der Waals surface area contributed by atoms with Crippen LogP contribution in [-0.2, 0) is 0 Å². The van der Waals surface area contributed by atoms with Crippen LogP contribution in [0, 0.1) is 25.2 Å². The lowest BCUT2D eigenvalue weighted by atomic mass is 9.97. The third kappa shape index (κ3) is 3.38. The lowest BCUT2D eigenvalue weighted by molar-refractivity contribution is 0.131. The SMILES string of the molecule is Cc1cc(OC(C)(C)C)ccc1-c1c(C)ncnc1C#N. The maximum Gasteiger partial charge on any atom is 0.151 e. The van der Waals surface area contributed by atoms with Gasteiger partial charge in [0, 0.05) is 11.3 Å². The van der Waals surface area contributed by atoms with E-state index in [0.29, 0.717) is 5.69 Å². The van der Waals surface area contributed by atoms with E-state index in [2.05, 4.69) is 16.0 Å². The van der Waals surface area contributed by atoms with Crippen LogP contribution in [-0.4, -0.2) is 15.6 Å². The van der Waals surface area contributed by atoms with Crippen molar-refractivity contribution >= 4 is 0 Å². The molecule has 21 heavy (non-hydrogen) atoms. The largest absolute Gasteiger partial charge is 0.488 e. The second kappa shape index (κ2) is 5.53. The smallest absolute Gasteiger partial charge is 0.151 e. The Morgan fingerprint density at radius 2 is 1.86 bits per heavy atom. The molecule has 108 valence electrons. The molecule has 4 heteroatoms. The van der Waals surface area contributed by atoms with Crippen LogP contribution >= 0.6 is 0 Å². The summed E-state index contributed by atoms with van der Waals surface area (Å²) >= 11 is 0. The zero-order valence-electron chi connectivity index (χ0n) is 13.1. The van der Waals surface area contributed by atoms with Crippen molar-refractivity contribution in [3.05, 3.63) is 41.5 Å². The molecule has 2 aromatic rings. The monoisotopic (exact) mass is 281 g/mol. The highest BCUT2D eigenvalue weighted by Gasteiger charge is 2.15. The summed E-state index contributed by atoms with van der Waals surface area (Å²) in [6.07, 6.45) is 1.42. The Morgan fingerprint density at radius 1 is 1.14 bits per heavy atom. The lowest BCUT2D eigenvalue weighted by Crippen LogP contribution is -2.22. The van der Waals surface area contributed by atoms with Crippen LogP contribution in [0.2, 0.25) is 0 Å². The van der Waals surface area contributed by atoms with Crippen LogP contribution < -0.4 is 4.74 Å².